The first-order chi connectivity index (χ1) is 19.7. The maximum atomic E-state index is 12.4. The molecule has 0 radical (unpaired) electrons. The van der Waals surface area contributed by atoms with E-state index in [0.717, 1.165) is 38.5 Å². The Morgan fingerprint density at radius 1 is 0.500 bits per heavy atom. The van der Waals surface area contributed by atoms with Gasteiger partial charge >= 0.3 is 11.9 Å². The molecule has 0 atom stereocenters. The number of esters is 1. The summed E-state index contributed by atoms with van der Waals surface area (Å²) >= 11 is 0. The van der Waals surface area contributed by atoms with E-state index >= 15 is 0 Å². The fourth-order valence-electron chi connectivity index (χ4n) is 6.84. The van der Waals surface area contributed by atoms with Crippen molar-refractivity contribution in [3.8, 4) is 0 Å². The molecule has 3 aliphatic rings. The molecule has 0 spiro atoms. The monoisotopic (exact) mass is 562 g/mol. The standard InChI is InChI=1S/C35H62O5/c1-2-34(36)37-30-35(38-31-24-18-12-6-3-7-13-19-25-31,39-32-26-20-14-8-4-9-15-21-27-32)40-33-28-22-16-10-5-11-17-23-29-33/h2,31-33H,1,3-30H2. The van der Waals surface area contributed by atoms with E-state index in [-0.39, 0.29) is 24.9 Å². The molecule has 5 nitrogen and oxygen atoms in total. The van der Waals surface area contributed by atoms with E-state index in [1.54, 1.807) is 0 Å². The average Bonchev–Trinajstić information content (AvgIpc) is 2.97. The van der Waals surface area contributed by atoms with Crippen molar-refractivity contribution in [3.63, 3.8) is 0 Å². The minimum atomic E-state index is -1.35. The van der Waals surface area contributed by atoms with Gasteiger partial charge in [-0.25, -0.2) is 4.79 Å². The van der Waals surface area contributed by atoms with E-state index in [1.165, 1.54) is 141 Å². The molecule has 3 saturated carbocycles. The molecule has 0 aliphatic heterocycles. The third kappa shape index (κ3) is 14.3. The summed E-state index contributed by atoms with van der Waals surface area (Å²) in [5, 5.41) is 0. The molecule has 3 aliphatic carbocycles. The molecule has 3 fully saturated rings. The number of rotatable bonds is 9. The van der Waals surface area contributed by atoms with Crippen LogP contribution in [0.5, 0.6) is 0 Å². The molecule has 0 N–H and O–H groups in total. The first-order valence-corrected chi connectivity index (χ1v) is 17.5. The Morgan fingerprint density at radius 2 is 0.750 bits per heavy atom. The zero-order chi connectivity index (χ0) is 28.1. The van der Waals surface area contributed by atoms with E-state index in [4.69, 9.17) is 18.9 Å². The van der Waals surface area contributed by atoms with Crippen LogP contribution in [0.1, 0.15) is 173 Å². The van der Waals surface area contributed by atoms with Crippen LogP contribution in [0.4, 0.5) is 0 Å². The van der Waals surface area contributed by atoms with Crippen molar-refractivity contribution in [2.24, 2.45) is 0 Å². The minimum absolute atomic E-state index is 0.0264. The van der Waals surface area contributed by atoms with Crippen molar-refractivity contribution < 1.29 is 23.7 Å². The smallest absolute Gasteiger partial charge is 0.330 e. The Morgan fingerprint density at radius 3 is 1.00 bits per heavy atom. The van der Waals surface area contributed by atoms with Gasteiger partial charge in [-0.2, -0.15) is 0 Å². The van der Waals surface area contributed by atoms with E-state index in [2.05, 4.69) is 6.58 Å². The fraction of sp³-hybridized carbons (Fsp3) is 0.914. The third-order valence-electron chi connectivity index (χ3n) is 9.25. The molecule has 0 amide bonds. The van der Waals surface area contributed by atoms with E-state index < -0.39 is 11.9 Å². The number of carbonyl (C=O) groups is 1. The molecule has 3 rings (SSSR count). The Kier molecular flexibility index (Phi) is 17.5. The molecular formula is C35H62O5. The molecule has 232 valence electrons. The van der Waals surface area contributed by atoms with Gasteiger partial charge in [0.15, 0.2) is 6.61 Å². The SMILES string of the molecule is C=CC(=O)OCC(OC1CCCCCCCCC1)(OC1CCCCCCCCC1)OC1CCCCCCCCC1. The summed E-state index contributed by atoms with van der Waals surface area (Å²) in [6, 6.07) is 0. The molecule has 0 heterocycles. The number of hydrogen-bond donors (Lipinski definition) is 0. The molecule has 40 heavy (non-hydrogen) atoms. The second kappa shape index (κ2) is 20.9. The highest BCUT2D eigenvalue weighted by Crippen LogP contribution is 2.33. The van der Waals surface area contributed by atoms with Crippen LogP contribution >= 0.6 is 0 Å². The van der Waals surface area contributed by atoms with Gasteiger partial charge in [0.05, 0.1) is 18.3 Å². The van der Waals surface area contributed by atoms with Crippen LogP contribution in [0.3, 0.4) is 0 Å². The highest BCUT2D eigenvalue weighted by molar-refractivity contribution is 5.81. The number of carbonyl (C=O) groups excluding carboxylic acids is 1. The van der Waals surface area contributed by atoms with Gasteiger partial charge in [-0.3, -0.25) is 0 Å². The predicted molar refractivity (Wildman–Crippen MR) is 163 cm³/mol. The summed E-state index contributed by atoms with van der Waals surface area (Å²) in [7, 11) is 0. The van der Waals surface area contributed by atoms with Crippen LogP contribution in [0, 0.1) is 0 Å². The topological polar surface area (TPSA) is 54.0 Å². The quantitative estimate of drug-likeness (QED) is 0.159. The predicted octanol–water partition coefficient (Wildman–Crippen LogP) is 10.1. The zero-order valence-electron chi connectivity index (χ0n) is 25.9. The van der Waals surface area contributed by atoms with Gasteiger partial charge in [-0.15, -0.1) is 0 Å². The maximum absolute atomic E-state index is 12.4. The van der Waals surface area contributed by atoms with Crippen molar-refractivity contribution >= 4 is 5.97 Å². The van der Waals surface area contributed by atoms with Gasteiger partial charge in [0.1, 0.15) is 0 Å². The molecule has 5 heteroatoms. The van der Waals surface area contributed by atoms with E-state index in [9.17, 15) is 4.79 Å². The fourth-order valence-corrected chi connectivity index (χ4v) is 6.84. The summed E-state index contributed by atoms with van der Waals surface area (Å²) in [5.41, 5.74) is 0. The molecule has 0 saturated heterocycles. The van der Waals surface area contributed by atoms with Gasteiger partial charge in [-0.05, 0) is 38.5 Å². The lowest BCUT2D eigenvalue weighted by molar-refractivity contribution is -0.429. The summed E-state index contributed by atoms with van der Waals surface area (Å²) in [6.07, 6.45) is 33.9. The van der Waals surface area contributed by atoms with Crippen LogP contribution in [-0.4, -0.2) is 36.9 Å². The Labute approximate surface area is 246 Å². The lowest BCUT2D eigenvalue weighted by Gasteiger charge is -2.41. The zero-order valence-corrected chi connectivity index (χ0v) is 25.9. The molecule has 0 aromatic rings. The Balaban J connectivity index is 1.84. The molecule has 0 aromatic carbocycles. The van der Waals surface area contributed by atoms with Gasteiger partial charge < -0.3 is 18.9 Å². The van der Waals surface area contributed by atoms with E-state index in [0.29, 0.717) is 0 Å². The summed E-state index contributed by atoms with van der Waals surface area (Å²) in [5.74, 6) is -1.79. The van der Waals surface area contributed by atoms with Crippen LogP contribution < -0.4 is 0 Å². The van der Waals surface area contributed by atoms with E-state index in [1.807, 2.05) is 0 Å². The highest BCUT2D eigenvalue weighted by atomic mass is 16.9. The number of hydrogen-bond acceptors (Lipinski definition) is 5. The van der Waals surface area contributed by atoms with Crippen LogP contribution in [-0.2, 0) is 23.7 Å². The summed E-state index contributed by atoms with van der Waals surface area (Å²) in [4.78, 5) is 12.4. The minimum Gasteiger partial charge on any atom is -0.454 e. The second-order valence-corrected chi connectivity index (χ2v) is 12.9. The van der Waals surface area contributed by atoms with Crippen molar-refractivity contribution in [3.05, 3.63) is 12.7 Å². The normalized spacial score (nSPS) is 23.6. The average molecular weight is 563 g/mol. The van der Waals surface area contributed by atoms with Crippen molar-refractivity contribution in [2.45, 2.75) is 198 Å². The molecular weight excluding hydrogens is 500 g/mol. The van der Waals surface area contributed by atoms with Crippen molar-refractivity contribution in [1.82, 2.24) is 0 Å². The van der Waals surface area contributed by atoms with Crippen molar-refractivity contribution in [2.75, 3.05) is 6.61 Å². The largest absolute Gasteiger partial charge is 0.454 e. The van der Waals surface area contributed by atoms with Gasteiger partial charge in [-0.1, -0.05) is 141 Å². The van der Waals surface area contributed by atoms with Gasteiger partial charge in [0.2, 0.25) is 0 Å². The Hall–Kier alpha value is -0.910. The highest BCUT2D eigenvalue weighted by Gasteiger charge is 2.43. The van der Waals surface area contributed by atoms with Crippen molar-refractivity contribution in [1.29, 1.82) is 0 Å². The summed E-state index contributed by atoms with van der Waals surface area (Å²) in [6.45, 7) is 3.61. The molecule has 0 bridgehead atoms. The lowest BCUT2D eigenvalue weighted by Crippen LogP contribution is -2.51. The van der Waals surface area contributed by atoms with Crippen LogP contribution in [0.2, 0.25) is 0 Å². The van der Waals surface area contributed by atoms with Gasteiger partial charge in [0, 0.05) is 6.08 Å². The summed E-state index contributed by atoms with van der Waals surface area (Å²) < 4.78 is 26.8. The Bertz CT molecular complexity index is 565. The number of ether oxygens (including phenoxy) is 4. The first kappa shape index (κ1) is 33.6. The van der Waals surface area contributed by atoms with Crippen LogP contribution in [0.25, 0.3) is 0 Å². The maximum Gasteiger partial charge on any atom is 0.330 e. The molecule has 0 aromatic heterocycles. The van der Waals surface area contributed by atoms with Crippen LogP contribution in [0.15, 0.2) is 12.7 Å². The molecule has 0 unspecified atom stereocenters. The first-order valence-electron chi connectivity index (χ1n) is 17.5. The lowest BCUT2D eigenvalue weighted by atomic mass is 9.98. The third-order valence-corrected chi connectivity index (χ3v) is 9.25. The van der Waals surface area contributed by atoms with Gasteiger partial charge in [0.25, 0.3) is 0 Å². The second-order valence-electron chi connectivity index (χ2n) is 12.9.